The van der Waals surface area contributed by atoms with Crippen molar-refractivity contribution in [1.82, 2.24) is 14.9 Å². The van der Waals surface area contributed by atoms with Crippen LogP contribution in [0.15, 0.2) is 59.1 Å². The van der Waals surface area contributed by atoms with Crippen molar-refractivity contribution < 1.29 is 23.1 Å². The molecular formula is C27H24BrClF2N4O3. The molecule has 1 aromatic heterocycles. The highest BCUT2D eigenvalue weighted by molar-refractivity contribution is 9.10. The Labute approximate surface area is 231 Å². The second kappa shape index (κ2) is 11.9. The molecule has 0 radical (unpaired) electrons. The van der Waals surface area contributed by atoms with E-state index in [4.69, 9.17) is 21.3 Å². The standard InChI is InChI=1S/C27H24BrClF2N4O3/c1-15(36)32-13-16-3-8-21(29)17(9-16)10-26-34-22-11-20(27(37)33-19-6-4-18(28)5-7-19)24(38-14-25(30)31)12-23(22)35(26)2/h3-9,11-12,25H,10,13-14H2,1-2H3,(H,32,36)(H,33,37). The fraction of sp³-hybridized carbons (Fsp3) is 0.222. The van der Waals surface area contributed by atoms with Gasteiger partial charge in [-0.2, -0.15) is 0 Å². The number of ether oxygens (including phenoxy) is 1. The number of alkyl halides is 2. The third kappa shape index (κ3) is 6.68. The third-order valence-electron chi connectivity index (χ3n) is 5.79. The smallest absolute Gasteiger partial charge is 0.272 e. The summed E-state index contributed by atoms with van der Waals surface area (Å²) in [6, 6.07) is 15.5. The summed E-state index contributed by atoms with van der Waals surface area (Å²) >= 11 is 9.78. The molecule has 0 atom stereocenters. The lowest BCUT2D eigenvalue weighted by atomic mass is 10.1. The number of aromatic nitrogens is 2. The number of nitrogens with zero attached hydrogens (tertiary/aromatic N) is 2. The highest BCUT2D eigenvalue weighted by Gasteiger charge is 2.20. The summed E-state index contributed by atoms with van der Waals surface area (Å²) < 4.78 is 33.9. The molecule has 4 rings (SSSR count). The number of amides is 2. The zero-order valence-electron chi connectivity index (χ0n) is 20.5. The van der Waals surface area contributed by atoms with Crippen LogP contribution >= 0.6 is 27.5 Å². The molecule has 0 saturated heterocycles. The quantitative estimate of drug-likeness (QED) is 0.241. The van der Waals surface area contributed by atoms with Crippen molar-refractivity contribution in [2.45, 2.75) is 26.3 Å². The summed E-state index contributed by atoms with van der Waals surface area (Å²) in [5, 5.41) is 6.06. The Morgan fingerprint density at radius 1 is 1.13 bits per heavy atom. The molecule has 4 aromatic rings. The van der Waals surface area contributed by atoms with Gasteiger partial charge in [-0.3, -0.25) is 9.59 Å². The van der Waals surface area contributed by atoms with Crippen molar-refractivity contribution in [3.05, 3.63) is 86.6 Å². The maximum Gasteiger partial charge on any atom is 0.272 e. The van der Waals surface area contributed by atoms with E-state index >= 15 is 0 Å². The predicted octanol–water partition coefficient (Wildman–Crippen LogP) is 6.11. The van der Waals surface area contributed by atoms with Crippen molar-refractivity contribution in [3.8, 4) is 5.75 Å². The van der Waals surface area contributed by atoms with Gasteiger partial charge in [0.25, 0.3) is 12.3 Å². The first-order valence-corrected chi connectivity index (χ1v) is 12.8. The van der Waals surface area contributed by atoms with Crippen molar-refractivity contribution in [3.63, 3.8) is 0 Å². The zero-order valence-corrected chi connectivity index (χ0v) is 22.9. The molecule has 2 amide bonds. The molecular weight excluding hydrogens is 582 g/mol. The fourth-order valence-electron chi connectivity index (χ4n) is 3.88. The van der Waals surface area contributed by atoms with Crippen LogP contribution in [-0.2, 0) is 24.8 Å². The Bertz CT molecular complexity index is 1490. The van der Waals surface area contributed by atoms with Gasteiger partial charge in [-0.15, -0.1) is 0 Å². The van der Waals surface area contributed by atoms with Gasteiger partial charge in [-0.05, 0) is 47.5 Å². The first kappa shape index (κ1) is 27.5. The Morgan fingerprint density at radius 2 is 1.87 bits per heavy atom. The molecule has 3 aromatic carbocycles. The molecule has 0 bridgehead atoms. The van der Waals surface area contributed by atoms with Gasteiger partial charge in [0.05, 0.1) is 16.6 Å². The number of benzene rings is 3. The van der Waals surface area contributed by atoms with Crippen molar-refractivity contribution in [2.75, 3.05) is 11.9 Å². The van der Waals surface area contributed by atoms with Gasteiger partial charge in [-0.25, -0.2) is 13.8 Å². The number of rotatable bonds is 9. The first-order chi connectivity index (χ1) is 18.1. The van der Waals surface area contributed by atoms with Gasteiger partial charge in [0, 0.05) is 48.2 Å². The van der Waals surface area contributed by atoms with Gasteiger partial charge in [-0.1, -0.05) is 39.7 Å². The van der Waals surface area contributed by atoms with E-state index in [0.717, 1.165) is 15.6 Å². The topological polar surface area (TPSA) is 85.2 Å². The summed E-state index contributed by atoms with van der Waals surface area (Å²) in [5.41, 5.74) is 3.41. The fourth-order valence-corrected chi connectivity index (χ4v) is 4.33. The minimum atomic E-state index is -2.71. The average Bonchev–Trinajstić information content (AvgIpc) is 3.18. The summed E-state index contributed by atoms with van der Waals surface area (Å²) in [5.74, 6) is 0.0160. The van der Waals surface area contributed by atoms with Crippen LogP contribution in [0.2, 0.25) is 5.02 Å². The van der Waals surface area contributed by atoms with Crippen molar-refractivity contribution in [2.24, 2.45) is 7.05 Å². The minimum absolute atomic E-state index is 0.0253. The van der Waals surface area contributed by atoms with Gasteiger partial charge >= 0.3 is 0 Å². The van der Waals surface area contributed by atoms with Crippen molar-refractivity contribution in [1.29, 1.82) is 0 Å². The molecule has 7 nitrogen and oxygen atoms in total. The van der Waals surface area contributed by atoms with Crippen LogP contribution in [-0.4, -0.2) is 34.4 Å². The molecule has 198 valence electrons. The normalized spacial score (nSPS) is 11.1. The average molecular weight is 606 g/mol. The Hall–Kier alpha value is -3.50. The Kier molecular flexibility index (Phi) is 8.63. The minimum Gasteiger partial charge on any atom is -0.487 e. The number of anilines is 1. The van der Waals surface area contributed by atoms with Crippen LogP contribution in [0, 0.1) is 0 Å². The molecule has 11 heteroatoms. The van der Waals surface area contributed by atoms with Crippen LogP contribution in [0.1, 0.15) is 34.2 Å². The molecule has 1 heterocycles. The third-order valence-corrected chi connectivity index (χ3v) is 6.68. The number of aryl methyl sites for hydroxylation is 1. The number of carbonyl (C=O) groups is 2. The Morgan fingerprint density at radius 3 is 2.55 bits per heavy atom. The molecule has 0 fully saturated rings. The molecule has 0 unspecified atom stereocenters. The largest absolute Gasteiger partial charge is 0.487 e. The number of halogens is 4. The molecule has 2 N–H and O–H groups in total. The van der Waals surface area contributed by atoms with Crippen LogP contribution in [0.4, 0.5) is 14.5 Å². The number of fused-ring (bicyclic) bond motifs is 1. The maximum absolute atomic E-state index is 13.1. The van der Waals surface area contributed by atoms with Gasteiger partial charge in [0.2, 0.25) is 5.91 Å². The molecule has 0 spiro atoms. The highest BCUT2D eigenvalue weighted by atomic mass is 79.9. The van der Waals surface area contributed by atoms with Crippen LogP contribution < -0.4 is 15.4 Å². The second-order valence-corrected chi connectivity index (χ2v) is 9.92. The van der Waals surface area contributed by atoms with E-state index in [9.17, 15) is 18.4 Å². The number of hydrogen-bond acceptors (Lipinski definition) is 4. The monoisotopic (exact) mass is 604 g/mol. The summed E-state index contributed by atoms with van der Waals surface area (Å²) in [7, 11) is 1.79. The number of hydrogen-bond donors (Lipinski definition) is 2. The highest BCUT2D eigenvalue weighted by Crippen LogP contribution is 2.30. The molecule has 0 saturated carbocycles. The zero-order chi connectivity index (χ0) is 27.4. The van der Waals surface area contributed by atoms with E-state index in [1.54, 1.807) is 48.0 Å². The number of nitrogens with one attached hydrogen (secondary N) is 2. The lowest BCUT2D eigenvalue weighted by Crippen LogP contribution is -2.19. The van der Waals surface area contributed by atoms with Crippen LogP contribution in [0.25, 0.3) is 11.0 Å². The van der Waals surface area contributed by atoms with Crippen LogP contribution in [0.3, 0.4) is 0 Å². The van der Waals surface area contributed by atoms with E-state index in [2.05, 4.69) is 26.6 Å². The summed E-state index contributed by atoms with van der Waals surface area (Å²) in [4.78, 5) is 29.1. The van der Waals surface area contributed by atoms with Gasteiger partial charge in [0.15, 0.2) is 0 Å². The molecule has 0 aliphatic heterocycles. The first-order valence-electron chi connectivity index (χ1n) is 11.6. The van der Waals surface area contributed by atoms with Gasteiger partial charge < -0.3 is 19.9 Å². The van der Waals surface area contributed by atoms with Crippen LogP contribution in [0.5, 0.6) is 5.75 Å². The van der Waals surface area contributed by atoms with E-state index in [-0.39, 0.29) is 17.2 Å². The SMILES string of the molecule is CC(=O)NCc1ccc(Cl)c(Cc2nc3cc(C(=O)Nc4ccc(Br)cc4)c(OCC(F)F)cc3n2C)c1. The Balaban J connectivity index is 1.68. The number of carbonyl (C=O) groups excluding carboxylic acids is 2. The van der Waals surface area contributed by atoms with E-state index < -0.39 is 18.9 Å². The lowest BCUT2D eigenvalue weighted by molar-refractivity contribution is -0.119. The maximum atomic E-state index is 13.1. The molecule has 0 aliphatic carbocycles. The van der Waals surface area contributed by atoms with Gasteiger partial charge in [0.1, 0.15) is 18.2 Å². The van der Waals surface area contributed by atoms with E-state index in [1.165, 1.54) is 13.0 Å². The predicted molar refractivity (Wildman–Crippen MR) is 146 cm³/mol. The summed E-state index contributed by atoms with van der Waals surface area (Å²) in [6.07, 6.45) is -2.34. The lowest BCUT2D eigenvalue weighted by Gasteiger charge is -2.12. The van der Waals surface area contributed by atoms with Crippen molar-refractivity contribution >= 4 is 56.1 Å². The molecule has 38 heavy (non-hydrogen) atoms. The second-order valence-electron chi connectivity index (χ2n) is 8.60. The van der Waals surface area contributed by atoms with E-state index in [0.29, 0.717) is 40.5 Å². The summed E-state index contributed by atoms with van der Waals surface area (Å²) in [6.45, 7) is 0.957. The van der Waals surface area contributed by atoms with E-state index in [1.807, 2.05) is 12.1 Å². The number of imidazole rings is 1. The molecule has 0 aliphatic rings.